The molecule has 0 saturated heterocycles. The van der Waals surface area contributed by atoms with Crippen LogP contribution in [0.1, 0.15) is 46.0 Å². The molecule has 1 atom stereocenters. The van der Waals surface area contributed by atoms with Crippen LogP contribution in [0.5, 0.6) is 0 Å². The average molecular weight is 340 g/mol. The lowest BCUT2D eigenvalue weighted by molar-refractivity contribution is 0.0387. The van der Waals surface area contributed by atoms with Crippen molar-refractivity contribution in [3.05, 3.63) is 22.5 Å². The number of nitrogens with one attached hydrogen (secondary N) is 2. The largest absolute Gasteiger partial charge is 0.460 e. The highest BCUT2D eigenvalue weighted by Crippen LogP contribution is 2.19. The second kappa shape index (κ2) is 9.44. The molecule has 0 aliphatic carbocycles. The summed E-state index contributed by atoms with van der Waals surface area (Å²) in [5, 5.41) is 2.94. The molecule has 7 heteroatoms. The number of H-pyrrole nitrogens is 1. The minimum Gasteiger partial charge on any atom is -0.460 e. The lowest BCUT2D eigenvalue weighted by Crippen LogP contribution is -2.42. The topological polar surface area (TPSA) is 89.7 Å². The first-order chi connectivity index (χ1) is 11.3. The number of carbonyl (C=O) groups excluding carboxylic acids is 2. The van der Waals surface area contributed by atoms with Gasteiger partial charge in [0.2, 0.25) is 0 Å². The molecule has 1 rings (SSSR count). The Morgan fingerprint density at radius 2 is 1.79 bits per heavy atom. The monoisotopic (exact) mass is 340 g/mol. The first-order valence-corrected chi connectivity index (χ1v) is 7.98. The number of hydrogen-bond acceptors (Lipinski definition) is 5. The zero-order valence-electron chi connectivity index (χ0n) is 15.3. The first kappa shape index (κ1) is 20.2. The molecule has 0 bridgehead atoms. The van der Waals surface area contributed by atoms with Crippen LogP contribution in [0.3, 0.4) is 0 Å². The Balaban J connectivity index is 2.91. The van der Waals surface area contributed by atoms with Crippen LogP contribution < -0.4 is 5.32 Å². The van der Waals surface area contributed by atoms with E-state index in [-0.39, 0.29) is 24.5 Å². The standard InChI is InChI=1S/C17H28N2O5/c1-10(2)13(9-23-6)19-16(20)15-11(3)14(12(4)18-15)17(21)24-8-7-22-5/h10,13,18H,7-9H2,1-6H3,(H,19,20). The molecular weight excluding hydrogens is 312 g/mol. The van der Waals surface area contributed by atoms with Gasteiger partial charge >= 0.3 is 5.97 Å². The minimum absolute atomic E-state index is 0.109. The Morgan fingerprint density at radius 1 is 1.12 bits per heavy atom. The molecule has 0 spiro atoms. The third kappa shape index (κ3) is 5.07. The van der Waals surface area contributed by atoms with Crippen molar-refractivity contribution in [3.63, 3.8) is 0 Å². The van der Waals surface area contributed by atoms with Crippen molar-refractivity contribution in [3.8, 4) is 0 Å². The molecule has 1 amide bonds. The van der Waals surface area contributed by atoms with E-state index < -0.39 is 5.97 Å². The molecule has 0 aliphatic heterocycles. The molecule has 136 valence electrons. The SMILES string of the molecule is COCCOC(=O)c1c(C)[nH]c(C(=O)NC(COC)C(C)C)c1C. The summed E-state index contributed by atoms with van der Waals surface area (Å²) in [5.74, 6) is -0.499. The summed E-state index contributed by atoms with van der Waals surface area (Å²) >= 11 is 0. The predicted molar refractivity (Wildman–Crippen MR) is 90.4 cm³/mol. The number of methoxy groups -OCH3 is 2. The van der Waals surface area contributed by atoms with Crippen LogP contribution in [0.15, 0.2) is 0 Å². The zero-order chi connectivity index (χ0) is 18.3. The average Bonchev–Trinajstić information content (AvgIpc) is 2.81. The number of aryl methyl sites for hydroxylation is 1. The van der Waals surface area contributed by atoms with Crippen molar-refractivity contribution in [2.45, 2.75) is 33.7 Å². The Morgan fingerprint density at radius 3 is 2.33 bits per heavy atom. The molecule has 7 nitrogen and oxygen atoms in total. The fourth-order valence-electron chi connectivity index (χ4n) is 2.39. The minimum atomic E-state index is -0.463. The maximum absolute atomic E-state index is 12.5. The molecule has 1 aromatic rings. The molecular formula is C17H28N2O5. The zero-order valence-corrected chi connectivity index (χ0v) is 15.3. The summed E-state index contributed by atoms with van der Waals surface area (Å²) in [7, 11) is 3.13. The predicted octanol–water partition coefficient (Wildman–Crippen LogP) is 1.84. The van der Waals surface area contributed by atoms with E-state index in [1.165, 1.54) is 7.11 Å². The summed E-state index contributed by atoms with van der Waals surface area (Å²) in [6.45, 7) is 8.41. The van der Waals surface area contributed by atoms with Crippen LogP contribution in [-0.2, 0) is 14.2 Å². The molecule has 24 heavy (non-hydrogen) atoms. The molecule has 0 saturated carbocycles. The highest BCUT2D eigenvalue weighted by Gasteiger charge is 2.25. The van der Waals surface area contributed by atoms with Crippen molar-refractivity contribution >= 4 is 11.9 Å². The molecule has 1 heterocycles. The van der Waals surface area contributed by atoms with Gasteiger partial charge in [-0.1, -0.05) is 13.8 Å². The molecule has 0 radical (unpaired) electrons. The van der Waals surface area contributed by atoms with Crippen LogP contribution in [0.4, 0.5) is 0 Å². The van der Waals surface area contributed by atoms with E-state index >= 15 is 0 Å². The van der Waals surface area contributed by atoms with Gasteiger partial charge in [0, 0.05) is 19.9 Å². The van der Waals surface area contributed by atoms with Crippen LogP contribution in [0.2, 0.25) is 0 Å². The Kier molecular flexibility index (Phi) is 7.94. The third-order valence-corrected chi connectivity index (χ3v) is 3.86. The fraction of sp³-hybridized carbons (Fsp3) is 0.647. The lowest BCUT2D eigenvalue weighted by Gasteiger charge is -2.21. The van der Waals surface area contributed by atoms with E-state index in [2.05, 4.69) is 10.3 Å². The number of aromatic amines is 1. The molecule has 0 fully saturated rings. The molecule has 0 aliphatic rings. The molecule has 0 aromatic carbocycles. The van der Waals surface area contributed by atoms with E-state index in [4.69, 9.17) is 14.2 Å². The van der Waals surface area contributed by atoms with Crippen molar-refractivity contribution in [2.75, 3.05) is 34.0 Å². The summed E-state index contributed by atoms with van der Waals surface area (Å²) in [4.78, 5) is 27.7. The Labute approximate surface area is 143 Å². The van der Waals surface area contributed by atoms with Crippen LogP contribution in [0.25, 0.3) is 0 Å². The van der Waals surface area contributed by atoms with Gasteiger partial charge in [0.25, 0.3) is 5.91 Å². The Bertz CT molecular complexity index is 566. The van der Waals surface area contributed by atoms with Gasteiger partial charge < -0.3 is 24.5 Å². The van der Waals surface area contributed by atoms with Gasteiger partial charge in [-0.2, -0.15) is 0 Å². The molecule has 1 aromatic heterocycles. The van der Waals surface area contributed by atoms with Crippen LogP contribution in [0, 0.1) is 19.8 Å². The highest BCUT2D eigenvalue weighted by atomic mass is 16.6. The van der Waals surface area contributed by atoms with Gasteiger partial charge in [-0.15, -0.1) is 0 Å². The van der Waals surface area contributed by atoms with Gasteiger partial charge in [0.05, 0.1) is 24.8 Å². The fourth-order valence-corrected chi connectivity index (χ4v) is 2.39. The molecule has 2 N–H and O–H groups in total. The summed E-state index contributed by atoms with van der Waals surface area (Å²) in [6.07, 6.45) is 0. The van der Waals surface area contributed by atoms with E-state index in [1.807, 2.05) is 13.8 Å². The van der Waals surface area contributed by atoms with E-state index in [0.717, 1.165) is 0 Å². The first-order valence-electron chi connectivity index (χ1n) is 7.98. The van der Waals surface area contributed by atoms with Crippen molar-refractivity contribution in [1.82, 2.24) is 10.3 Å². The number of aromatic nitrogens is 1. The number of hydrogen-bond donors (Lipinski definition) is 2. The maximum Gasteiger partial charge on any atom is 0.340 e. The van der Waals surface area contributed by atoms with Crippen molar-refractivity contribution < 1.29 is 23.8 Å². The second-order valence-electron chi connectivity index (χ2n) is 6.03. The van der Waals surface area contributed by atoms with Gasteiger partial charge in [-0.05, 0) is 25.3 Å². The third-order valence-electron chi connectivity index (χ3n) is 3.86. The molecule has 1 unspecified atom stereocenters. The highest BCUT2D eigenvalue weighted by molar-refractivity contribution is 6.00. The smallest absolute Gasteiger partial charge is 0.340 e. The number of rotatable bonds is 9. The summed E-state index contributed by atoms with van der Waals surface area (Å²) < 4.78 is 15.1. The summed E-state index contributed by atoms with van der Waals surface area (Å²) in [6, 6.07) is -0.109. The van der Waals surface area contributed by atoms with Gasteiger partial charge in [0.1, 0.15) is 12.3 Å². The van der Waals surface area contributed by atoms with Gasteiger partial charge in [0.15, 0.2) is 0 Å². The number of amides is 1. The number of ether oxygens (including phenoxy) is 3. The quantitative estimate of drug-likeness (QED) is 0.529. The normalized spacial score (nSPS) is 12.3. The lowest BCUT2D eigenvalue weighted by atomic mass is 10.0. The number of esters is 1. The van der Waals surface area contributed by atoms with Crippen LogP contribution >= 0.6 is 0 Å². The number of carbonyl (C=O) groups is 2. The van der Waals surface area contributed by atoms with E-state index in [0.29, 0.717) is 35.7 Å². The van der Waals surface area contributed by atoms with E-state index in [9.17, 15) is 9.59 Å². The van der Waals surface area contributed by atoms with Gasteiger partial charge in [-0.25, -0.2) is 4.79 Å². The van der Waals surface area contributed by atoms with E-state index in [1.54, 1.807) is 21.0 Å². The van der Waals surface area contributed by atoms with Crippen molar-refractivity contribution in [1.29, 1.82) is 0 Å². The Hall–Kier alpha value is -1.86. The maximum atomic E-state index is 12.5. The second-order valence-corrected chi connectivity index (χ2v) is 6.03. The van der Waals surface area contributed by atoms with Crippen LogP contribution in [-0.4, -0.2) is 56.9 Å². The van der Waals surface area contributed by atoms with Gasteiger partial charge in [-0.3, -0.25) is 4.79 Å². The van der Waals surface area contributed by atoms with Crippen molar-refractivity contribution in [2.24, 2.45) is 5.92 Å². The summed E-state index contributed by atoms with van der Waals surface area (Å²) in [5.41, 5.74) is 1.94.